The van der Waals surface area contributed by atoms with Crippen LogP contribution in [0, 0.1) is 13.8 Å². The Bertz CT molecular complexity index is 789. The normalized spacial score (nSPS) is 11.2. The number of aryl methyl sites for hydroxylation is 2. The van der Waals surface area contributed by atoms with Gasteiger partial charge in [0.2, 0.25) is 15.9 Å². The van der Waals surface area contributed by atoms with Gasteiger partial charge < -0.3 is 5.32 Å². The van der Waals surface area contributed by atoms with Crippen LogP contribution >= 0.6 is 0 Å². The van der Waals surface area contributed by atoms with Gasteiger partial charge in [0, 0.05) is 31.0 Å². The van der Waals surface area contributed by atoms with Crippen LogP contribution in [0.1, 0.15) is 17.5 Å². The lowest BCUT2D eigenvalue weighted by molar-refractivity contribution is -0.116. The van der Waals surface area contributed by atoms with Crippen molar-refractivity contribution in [3.05, 3.63) is 53.9 Å². The average Bonchev–Trinajstić information content (AvgIpc) is 2.50. The van der Waals surface area contributed by atoms with Crippen LogP contribution in [0.25, 0.3) is 0 Å². The molecule has 0 fully saturated rings. The maximum absolute atomic E-state index is 12.3. The number of anilines is 1. The van der Waals surface area contributed by atoms with Crippen molar-refractivity contribution in [2.75, 3.05) is 11.9 Å². The lowest BCUT2D eigenvalue weighted by atomic mass is 10.2. The molecule has 2 rings (SSSR count). The summed E-state index contributed by atoms with van der Waals surface area (Å²) >= 11 is 0. The predicted octanol–water partition coefficient (Wildman–Crippen LogP) is 2.01. The molecule has 0 unspecified atom stereocenters. The number of carbonyl (C=O) groups is 1. The molecule has 2 N–H and O–H groups in total. The lowest BCUT2D eigenvalue weighted by Crippen LogP contribution is -2.28. The second-order valence-electron chi connectivity index (χ2n) is 5.20. The molecule has 2 aromatic rings. The summed E-state index contributed by atoms with van der Waals surface area (Å²) in [6.07, 6.45) is 3.18. The fourth-order valence-corrected chi connectivity index (χ4v) is 3.39. The highest BCUT2D eigenvalue weighted by atomic mass is 32.2. The fraction of sp³-hybridized carbons (Fsp3) is 0.250. The van der Waals surface area contributed by atoms with E-state index in [1.165, 1.54) is 0 Å². The van der Waals surface area contributed by atoms with Crippen molar-refractivity contribution in [2.24, 2.45) is 0 Å². The molecule has 1 aromatic carbocycles. The van der Waals surface area contributed by atoms with E-state index < -0.39 is 10.0 Å². The molecule has 1 aromatic heterocycles. The summed E-state index contributed by atoms with van der Waals surface area (Å²) in [4.78, 5) is 15.9. The topological polar surface area (TPSA) is 88.2 Å². The number of benzene rings is 1. The van der Waals surface area contributed by atoms with Crippen LogP contribution in [0.5, 0.6) is 0 Å². The summed E-state index contributed by atoms with van der Waals surface area (Å²) in [5, 5.41) is 2.67. The van der Waals surface area contributed by atoms with E-state index in [1.807, 2.05) is 13.0 Å². The molecule has 0 saturated heterocycles. The molecule has 7 heteroatoms. The SMILES string of the molecule is Cc1ccc(C)c(S(=O)(=O)NCCC(=O)Nc2ccncc2)c1. The first-order valence-electron chi connectivity index (χ1n) is 7.15. The summed E-state index contributed by atoms with van der Waals surface area (Å²) in [5.74, 6) is -0.264. The number of nitrogens with zero attached hydrogens (tertiary/aromatic N) is 1. The van der Waals surface area contributed by atoms with Gasteiger partial charge in [-0.15, -0.1) is 0 Å². The number of sulfonamides is 1. The molecule has 0 aliphatic heterocycles. The van der Waals surface area contributed by atoms with Crippen molar-refractivity contribution in [1.82, 2.24) is 9.71 Å². The van der Waals surface area contributed by atoms with Crippen LogP contribution in [0.15, 0.2) is 47.6 Å². The van der Waals surface area contributed by atoms with E-state index in [9.17, 15) is 13.2 Å². The summed E-state index contributed by atoms with van der Waals surface area (Å²) in [5.41, 5.74) is 2.16. The average molecular weight is 333 g/mol. The van der Waals surface area contributed by atoms with Gasteiger partial charge in [-0.05, 0) is 43.2 Å². The van der Waals surface area contributed by atoms with Crippen molar-refractivity contribution >= 4 is 21.6 Å². The zero-order valence-electron chi connectivity index (χ0n) is 13.0. The van der Waals surface area contributed by atoms with E-state index in [0.29, 0.717) is 11.3 Å². The van der Waals surface area contributed by atoms with Crippen molar-refractivity contribution in [1.29, 1.82) is 0 Å². The van der Waals surface area contributed by atoms with E-state index in [-0.39, 0.29) is 23.8 Å². The minimum absolute atomic E-state index is 0.0344. The quantitative estimate of drug-likeness (QED) is 0.846. The number of hydrogen-bond acceptors (Lipinski definition) is 4. The minimum atomic E-state index is -3.62. The van der Waals surface area contributed by atoms with Crippen LogP contribution in [0.4, 0.5) is 5.69 Å². The van der Waals surface area contributed by atoms with Crippen LogP contribution in [0.3, 0.4) is 0 Å². The van der Waals surface area contributed by atoms with Crippen LogP contribution in [0.2, 0.25) is 0 Å². The van der Waals surface area contributed by atoms with E-state index in [4.69, 9.17) is 0 Å². The van der Waals surface area contributed by atoms with Crippen molar-refractivity contribution in [3.8, 4) is 0 Å². The van der Waals surface area contributed by atoms with E-state index in [1.54, 1.807) is 43.6 Å². The summed E-state index contributed by atoms with van der Waals surface area (Å²) in [6, 6.07) is 8.57. The zero-order valence-corrected chi connectivity index (χ0v) is 13.9. The van der Waals surface area contributed by atoms with Gasteiger partial charge in [-0.1, -0.05) is 12.1 Å². The Morgan fingerprint density at radius 1 is 1.13 bits per heavy atom. The Morgan fingerprint density at radius 2 is 1.83 bits per heavy atom. The predicted molar refractivity (Wildman–Crippen MR) is 88.6 cm³/mol. The number of carbonyl (C=O) groups excluding carboxylic acids is 1. The Morgan fingerprint density at radius 3 is 2.52 bits per heavy atom. The van der Waals surface area contributed by atoms with Gasteiger partial charge in [-0.25, -0.2) is 13.1 Å². The molecule has 0 aliphatic rings. The molecule has 0 radical (unpaired) electrons. The van der Waals surface area contributed by atoms with Crippen LogP contribution < -0.4 is 10.0 Å². The van der Waals surface area contributed by atoms with Crippen molar-refractivity contribution in [2.45, 2.75) is 25.2 Å². The van der Waals surface area contributed by atoms with Gasteiger partial charge in [0.15, 0.2) is 0 Å². The van der Waals surface area contributed by atoms with Crippen molar-refractivity contribution < 1.29 is 13.2 Å². The van der Waals surface area contributed by atoms with Gasteiger partial charge in [0.25, 0.3) is 0 Å². The number of hydrogen-bond donors (Lipinski definition) is 2. The van der Waals surface area contributed by atoms with Crippen LogP contribution in [-0.4, -0.2) is 25.9 Å². The highest BCUT2D eigenvalue weighted by molar-refractivity contribution is 7.89. The molecular formula is C16H19N3O3S. The fourth-order valence-electron chi connectivity index (χ4n) is 2.03. The maximum Gasteiger partial charge on any atom is 0.240 e. The zero-order chi connectivity index (χ0) is 16.9. The first-order chi connectivity index (χ1) is 10.9. The second kappa shape index (κ2) is 7.34. The monoisotopic (exact) mass is 333 g/mol. The first kappa shape index (κ1) is 17.1. The standard InChI is InChI=1S/C16H19N3O3S/c1-12-3-4-13(2)15(11-12)23(21,22)18-10-7-16(20)19-14-5-8-17-9-6-14/h3-6,8-9,11,18H,7,10H2,1-2H3,(H,17,19,20). The number of amides is 1. The lowest BCUT2D eigenvalue weighted by Gasteiger charge is -2.10. The third-order valence-corrected chi connectivity index (χ3v) is 4.84. The molecule has 6 nitrogen and oxygen atoms in total. The van der Waals surface area contributed by atoms with Gasteiger partial charge in [0.05, 0.1) is 4.90 Å². The summed E-state index contributed by atoms with van der Waals surface area (Å²) < 4.78 is 27.0. The van der Waals surface area contributed by atoms with Gasteiger partial charge >= 0.3 is 0 Å². The smallest absolute Gasteiger partial charge is 0.240 e. The molecular weight excluding hydrogens is 314 g/mol. The molecule has 1 heterocycles. The Hall–Kier alpha value is -2.25. The third-order valence-electron chi connectivity index (χ3n) is 3.24. The molecule has 0 saturated carbocycles. The highest BCUT2D eigenvalue weighted by Gasteiger charge is 2.16. The molecule has 0 spiro atoms. The van der Waals surface area contributed by atoms with Gasteiger partial charge in [-0.3, -0.25) is 9.78 Å². The number of aromatic nitrogens is 1. The second-order valence-corrected chi connectivity index (χ2v) is 6.94. The van der Waals surface area contributed by atoms with Crippen molar-refractivity contribution in [3.63, 3.8) is 0 Å². The molecule has 0 atom stereocenters. The Labute approximate surface area is 136 Å². The molecule has 122 valence electrons. The Balaban J connectivity index is 1.92. The van der Waals surface area contributed by atoms with E-state index in [0.717, 1.165) is 5.56 Å². The first-order valence-corrected chi connectivity index (χ1v) is 8.63. The largest absolute Gasteiger partial charge is 0.326 e. The minimum Gasteiger partial charge on any atom is -0.326 e. The van der Waals surface area contributed by atoms with E-state index in [2.05, 4.69) is 15.0 Å². The van der Waals surface area contributed by atoms with Crippen LogP contribution in [-0.2, 0) is 14.8 Å². The third kappa shape index (κ3) is 4.87. The molecule has 0 aliphatic carbocycles. The number of pyridine rings is 1. The Kier molecular flexibility index (Phi) is 5.46. The van der Waals surface area contributed by atoms with Gasteiger partial charge in [0.1, 0.15) is 0 Å². The number of nitrogens with one attached hydrogen (secondary N) is 2. The highest BCUT2D eigenvalue weighted by Crippen LogP contribution is 2.16. The molecule has 23 heavy (non-hydrogen) atoms. The molecule has 1 amide bonds. The maximum atomic E-state index is 12.3. The van der Waals surface area contributed by atoms with Gasteiger partial charge in [-0.2, -0.15) is 0 Å². The van der Waals surface area contributed by atoms with E-state index >= 15 is 0 Å². The molecule has 0 bridgehead atoms. The summed E-state index contributed by atoms with van der Waals surface area (Å²) in [6.45, 7) is 3.61. The summed E-state index contributed by atoms with van der Waals surface area (Å²) in [7, 11) is -3.62. The number of rotatable bonds is 6.